The van der Waals surface area contributed by atoms with E-state index >= 15 is 0 Å². The van der Waals surface area contributed by atoms with Gasteiger partial charge in [-0.15, -0.1) is 0 Å². The van der Waals surface area contributed by atoms with E-state index in [1.54, 1.807) is 6.07 Å². The van der Waals surface area contributed by atoms with Crippen LogP contribution in [0.2, 0.25) is 0 Å². The highest BCUT2D eigenvalue weighted by atomic mass is 16.6. The van der Waals surface area contributed by atoms with Crippen molar-refractivity contribution < 1.29 is 24.5 Å². The van der Waals surface area contributed by atoms with Crippen molar-refractivity contribution in [2.24, 2.45) is 0 Å². The number of hydrogen-bond acceptors (Lipinski definition) is 5. The van der Waals surface area contributed by atoms with Crippen molar-refractivity contribution in [1.29, 1.82) is 0 Å². The van der Waals surface area contributed by atoms with Gasteiger partial charge in [-0.3, -0.25) is 0 Å². The van der Waals surface area contributed by atoms with Gasteiger partial charge in [-0.05, 0) is 26.0 Å². The molecule has 0 bridgehead atoms. The summed E-state index contributed by atoms with van der Waals surface area (Å²) in [6.07, 6.45) is -2.21. The molecule has 1 aliphatic heterocycles. The van der Waals surface area contributed by atoms with Crippen LogP contribution >= 0.6 is 0 Å². The molecule has 0 radical (unpaired) electrons. The number of fused-ring (bicyclic) bond motifs is 5. The van der Waals surface area contributed by atoms with Gasteiger partial charge in [0.25, 0.3) is 0 Å². The molecule has 2 atom stereocenters. The van der Waals surface area contributed by atoms with Crippen LogP contribution in [0.3, 0.4) is 0 Å². The molecule has 0 saturated heterocycles. The Morgan fingerprint density at radius 3 is 2.68 bits per heavy atom. The van der Waals surface area contributed by atoms with E-state index in [0.717, 1.165) is 10.9 Å². The number of aliphatic hydroxyl groups excluding tert-OH is 1. The van der Waals surface area contributed by atoms with E-state index in [4.69, 9.17) is 9.47 Å². The van der Waals surface area contributed by atoms with Crippen LogP contribution < -0.4 is 4.74 Å². The number of esters is 1. The van der Waals surface area contributed by atoms with Gasteiger partial charge < -0.3 is 24.7 Å². The number of rotatable bonds is 2. The van der Waals surface area contributed by atoms with Crippen molar-refractivity contribution in [3.05, 3.63) is 41.5 Å². The van der Waals surface area contributed by atoms with Crippen LogP contribution in [-0.4, -0.2) is 40.0 Å². The Bertz CT molecular complexity index is 998. The molecule has 3 N–H and O–H groups in total. The number of para-hydroxylation sites is 1. The van der Waals surface area contributed by atoms with Crippen LogP contribution in [-0.2, 0) is 4.74 Å². The van der Waals surface area contributed by atoms with Crippen LogP contribution in [0.4, 0.5) is 0 Å². The van der Waals surface area contributed by atoms with E-state index < -0.39 is 23.8 Å². The first-order valence-corrected chi connectivity index (χ1v) is 8.05. The Labute approximate surface area is 144 Å². The topological polar surface area (TPSA) is 91.8 Å². The maximum Gasteiger partial charge on any atom is 0.339 e. The zero-order valence-electron chi connectivity index (χ0n) is 14.2. The SMILES string of the molecule is COc1cc2c(c3c1[nH]c1ccccc13)C(O)C(C(C)(C)O)OC2=O. The molecule has 2 unspecified atom stereocenters. The maximum atomic E-state index is 12.5. The molecule has 0 fully saturated rings. The number of methoxy groups -OCH3 is 1. The number of ether oxygens (including phenoxy) is 2. The second kappa shape index (κ2) is 5.21. The summed E-state index contributed by atoms with van der Waals surface area (Å²) in [5.41, 5.74) is 0.894. The van der Waals surface area contributed by atoms with Crippen molar-refractivity contribution in [2.75, 3.05) is 7.11 Å². The molecule has 2 aromatic carbocycles. The number of aromatic nitrogens is 1. The summed E-state index contributed by atoms with van der Waals surface area (Å²) in [6.45, 7) is 3.02. The minimum atomic E-state index is -1.38. The number of carbonyl (C=O) groups is 1. The lowest BCUT2D eigenvalue weighted by Crippen LogP contribution is -2.46. The van der Waals surface area contributed by atoms with E-state index in [0.29, 0.717) is 22.2 Å². The molecule has 0 aliphatic carbocycles. The number of aromatic amines is 1. The number of H-pyrrole nitrogens is 1. The fraction of sp³-hybridized carbons (Fsp3) is 0.316. The zero-order valence-corrected chi connectivity index (χ0v) is 14.2. The van der Waals surface area contributed by atoms with Gasteiger partial charge in [-0.25, -0.2) is 4.79 Å². The number of hydrogen-bond donors (Lipinski definition) is 3. The first kappa shape index (κ1) is 15.9. The molecular formula is C19H19NO5. The standard InChI is InChI=1S/C19H19NO5/c1-19(2,23)17-16(21)14-10(18(22)25-17)8-12(24-3)15-13(14)9-6-4-5-7-11(9)20-15/h4-8,16-17,20-21,23H,1-3H3. The lowest BCUT2D eigenvalue weighted by Gasteiger charge is -2.37. The van der Waals surface area contributed by atoms with Crippen LogP contribution in [0.25, 0.3) is 21.8 Å². The van der Waals surface area contributed by atoms with Gasteiger partial charge in [0.05, 0.1) is 23.8 Å². The molecule has 0 saturated carbocycles. The Hall–Kier alpha value is -2.57. The third-order valence-corrected chi connectivity index (χ3v) is 4.74. The molecule has 130 valence electrons. The lowest BCUT2D eigenvalue weighted by molar-refractivity contribution is -0.121. The van der Waals surface area contributed by atoms with Gasteiger partial charge in [-0.1, -0.05) is 18.2 Å². The third kappa shape index (κ3) is 2.22. The van der Waals surface area contributed by atoms with E-state index in [1.807, 2.05) is 24.3 Å². The average Bonchev–Trinajstić information content (AvgIpc) is 2.95. The number of carbonyl (C=O) groups excluding carboxylic acids is 1. The summed E-state index contributed by atoms with van der Waals surface area (Å²) in [7, 11) is 1.52. The Morgan fingerprint density at radius 2 is 2.00 bits per heavy atom. The Morgan fingerprint density at radius 1 is 1.28 bits per heavy atom. The lowest BCUT2D eigenvalue weighted by atomic mass is 9.85. The van der Waals surface area contributed by atoms with Crippen LogP contribution in [0.5, 0.6) is 5.75 Å². The minimum absolute atomic E-state index is 0.252. The molecule has 6 heteroatoms. The van der Waals surface area contributed by atoms with E-state index in [2.05, 4.69) is 4.98 Å². The summed E-state index contributed by atoms with van der Waals surface area (Å²) in [5.74, 6) is -0.0892. The maximum absolute atomic E-state index is 12.5. The minimum Gasteiger partial charge on any atom is -0.495 e. The van der Waals surface area contributed by atoms with E-state index in [-0.39, 0.29) is 5.56 Å². The molecule has 3 aromatic rings. The second-order valence-electron chi connectivity index (χ2n) is 6.89. The summed E-state index contributed by atoms with van der Waals surface area (Å²) in [5, 5.41) is 22.8. The van der Waals surface area contributed by atoms with Gasteiger partial charge in [0.15, 0.2) is 6.10 Å². The Kier molecular flexibility index (Phi) is 3.32. The summed E-state index contributed by atoms with van der Waals surface area (Å²) in [4.78, 5) is 15.8. The average molecular weight is 341 g/mol. The molecule has 0 amide bonds. The molecule has 1 aliphatic rings. The summed E-state index contributed by atoms with van der Waals surface area (Å²) in [6, 6.07) is 9.20. The van der Waals surface area contributed by atoms with Gasteiger partial charge >= 0.3 is 5.97 Å². The smallest absolute Gasteiger partial charge is 0.339 e. The van der Waals surface area contributed by atoms with Crippen LogP contribution in [0, 0.1) is 0 Å². The van der Waals surface area contributed by atoms with E-state index in [1.165, 1.54) is 21.0 Å². The molecule has 25 heavy (non-hydrogen) atoms. The van der Waals surface area contributed by atoms with Crippen LogP contribution in [0.1, 0.15) is 35.9 Å². The largest absolute Gasteiger partial charge is 0.495 e. The number of benzene rings is 2. The van der Waals surface area contributed by atoms with Gasteiger partial charge in [-0.2, -0.15) is 0 Å². The van der Waals surface area contributed by atoms with Crippen molar-refractivity contribution in [2.45, 2.75) is 31.7 Å². The normalized spacial score (nSPS) is 20.6. The highest BCUT2D eigenvalue weighted by molar-refractivity contribution is 6.14. The monoisotopic (exact) mass is 341 g/mol. The second-order valence-corrected chi connectivity index (χ2v) is 6.89. The fourth-order valence-electron chi connectivity index (χ4n) is 3.58. The molecule has 1 aromatic heterocycles. The zero-order chi connectivity index (χ0) is 17.9. The number of aliphatic hydroxyl groups is 2. The van der Waals surface area contributed by atoms with Crippen molar-refractivity contribution in [1.82, 2.24) is 4.98 Å². The first-order chi connectivity index (χ1) is 11.8. The predicted octanol–water partition coefficient (Wildman–Crippen LogP) is 2.67. The van der Waals surface area contributed by atoms with E-state index in [9.17, 15) is 15.0 Å². The molecule has 0 spiro atoms. The highest BCUT2D eigenvalue weighted by Crippen LogP contribution is 2.44. The van der Waals surface area contributed by atoms with Crippen LogP contribution in [0.15, 0.2) is 30.3 Å². The van der Waals surface area contributed by atoms with Crippen molar-refractivity contribution in [3.8, 4) is 5.75 Å². The fourth-order valence-corrected chi connectivity index (χ4v) is 3.58. The van der Waals surface area contributed by atoms with Crippen molar-refractivity contribution >= 4 is 27.8 Å². The molecule has 2 heterocycles. The first-order valence-electron chi connectivity index (χ1n) is 8.05. The molecular weight excluding hydrogens is 322 g/mol. The van der Waals surface area contributed by atoms with Gasteiger partial charge in [0.1, 0.15) is 11.9 Å². The quantitative estimate of drug-likeness (QED) is 0.623. The third-order valence-electron chi connectivity index (χ3n) is 4.74. The highest BCUT2D eigenvalue weighted by Gasteiger charge is 2.44. The Balaban J connectivity index is 2.13. The molecule has 4 rings (SSSR count). The van der Waals surface area contributed by atoms with Gasteiger partial charge in [0.2, 0.25) is 0 Å². The molecule has 6 nitrogen and oxygen atoms in total. The van der Waals surface area contributed by atoms with Crippen molar-refractivity contribution in [3.63, 3.8) is 0 Å². The number of nitrogens with one attached hydrogen (secondary N) is 1. The number of cyclic esters (lactones) is 1. The summed E-state index contributed by atoms with van der Waals surface area (Å²) >= 11 is 0. The summed E-state index contributed by atoms with van der Waals surface area (Å²) < 4.78 is 10.8. The predicted molar refractivity (Wildman–Crippen MR) is 92.8 cm³/mol. The van der Waals surface area contributed by atoms with Gasteiger partial charge in [0, 0.05) is 21.9 Å².